The second-order valence-corrected chi connectivity index (χ2v) is 6.08. The Hall–Kier alpha value is -1.27. The summed E-state index contributed by atoms with van der Waals surface area (Å²) in [5.74, 6) is 0. The molecular weight excluding hydrogens is 347 g/mol. The van der Waals surface area contributed by atoms with E-state index >= 15 is 0 Å². The van der Waals surface area contributed by atoms with Gasteiger partial charge in [0.15, 0.2) is 0 Å². The van der Waals surface area contributed by atoms with E-state index in [2.05, 4.69) is 29.1 Å². The van der Waals surface area contributed by atoms with Crippen molar-refractivity contribution in [2.45, 2.75) is 33.0 Å². The molecule has 0 spiro atoms. The van der Waals surface area contributed by atoms with Crippen molar-refractivity contribution in [1.29, 1.82) is 0 Å². The van der Waals surface area contributed by atoms with Gasteiger partial charge in [0.25, 0.3) is 0 Å². The third kappa shape index (κ3) is 5.38. The number of halogens is 2. The second-order valence-electron chi connectivity index (χ2n) is 6.08. The van der Waals surface area contributed by atoms with Crippen LogP contribution in [0.5, 0.6) is 0 Å². The largest absolute Gasteiger partial charge is 0.399 e. The highest BCUT2D eigenvalue weighted by Crippen LogP contribution is 2.14. The number of morpholine rings is 1. The molecule has 0 saturated carbocycles. The maximum Gasteiger partial charge on any atom is 0.0898 e. The van der Waals surface area contributed by atoms with E-state index in [0.29, 0.717) is 0 Å². The molecule has 1 aliphatic rings. The first-order chi connectivity index (χ1) is 10.6. The highest BCUT2D eigenvalue weighted by molar-refractivity contribution is 5.85. The number of rotatable bonds is 4. The molecule has 1 aromatic heterocycles. The summed E-state index contributed by atoms with van der Waals surface area (Å²) >= 11 is 0. The minimum absolute atomic E-state index is 0. The molecule has 7 heteroatoms. The molecule has 1 unspecified atom stereocenters. The fourth-order valence-electron chi connectivity index (χ4n) is 3.04. The number of nitrogen functional groups attached to an aromatic ring is 1. The normalized spacial score (nSPS) is 17.8. The number of aryl methyl sites for hydroxylation is 2. The minimum atomic E-state index is 0. The summed E-state index contributed by atoms with van der Waals surface area (Å²) in [6, 6.07) is 10.2. The molecule has 1 aliphatic heterocycles. The lowest BCUT2D eigenvalue weighted by molar-refractivity contribution is -0.0404. The van der Waals surface area contributed by atoms with Gasteiger partial charge in [-0.1, -0.05) is 12.1 Å². The van der Waals surface area contributed by atoms with Gasteiger partial charge < -0.3 is 10.5 Å². The smallest absolute Gasteiger partial charge is 0.0898 e. The third-order valence-corrected chi connectivity index (χ3v) is 4.06. The van der Waals surface area contributed by atoms with Gasteiger partial charge in [0.2, 0.25) is 0 Å². The molecule has 1 atom stereocenters. The highest BCUT2D eigenvalue weighted by Gasteiger charge is 2.21. The van der Waals surface area contributed by atoms with Gasteiger partial charge in [-0.15, -0.1) is 24.8 Å². The molecule has 5 nitrogen and oxygen atoms in total. The van der Waals surface area contributed by atoms with Crippen LogP contribution < -0.4 is 5.73 Å². The van der Waals surface area contributed by atoms with Crippen LogP contribution >= 0.6 is 24.8 Å². The lowest BCUT2D eigenvalue weighted by Gasteiger charge is -2.33. The first-order valence-corrected chi connectivity index (χ1v) is 7.79. The van der Waals surface area contributed by atoms with Gasteiger partial charge in [-0.25, -0.2) is 0 Å². The van der Waals surface area contributed by atoms with Crippen LogP contribution in [0.25, 0.3) is 0 Å². The maximum atomic E-state index is 5.91. The zero-order valence-electron chi connectivity index (χ0n) is 14.1. The molecule has 0 aliphatic carbocycles. The standard InChI is InChI=1S/C17H24N4O.2ClH/c1-13-8-14(2)21(19-13)12-17-11-20(6-7-22-17)10-15-4-3-5-16(18)9-15;;/h3-5,8-9,17H,6-7,10-12,18H2,1-2H3;2*1H. The summed E-state index contributed by atoms with van der Waals surface area (Å²) in [6.07, 6.45) is 0.188. The van der Waals surface area contributed by atoms with E-state index in [1.165, 1.54) is 11.3 Å². The monoisotopic (exact) mass is 372 g/mol. The lowest BCUT2D eigenvalue weighted by atomic mass is 10.1. The number of ether oxygens (including phenoxy) is 1. The van der Waals surface area contributed by atoms with Crippen molar-refractivity contribution in [2.24, 2.45) is 0 Å². The number of nitrogens with zero attached hydrogens (tertiary/aromatic N) is 3. The van der Waals surface area contributed by atoms with Crippen molar-refractivity contribution in [2.75, 3.05) is 25.4 Å². The van der Waals surface area contributed by atoms with E-state index in [0.717, 1.165) is 44.2 Å². The Morgan fingerprint density at radius 3 is 2.71 bits per heavy atom. The van der Waals surface area contributed by atoms with Crippen molar-refractivity contribution in [3.05, 3.63) is 47.3 Å². The van der Waals surface area contributed by atoms with Crippen LogP contribution in [0.4, 0.5) is 5.69 Å². The fourth-order valence-corrected chi connectivity index (χ4v) is 3.04. The number of nitrogens with two attached hydrogens (primary N) is 1. The van der Waals surface area contributed by atoms with Gasteiger partial charge in [-0.05, 0) is 37.6 Å². The number of hydrogen-bond acceptors (Lipinski definition) is 4. The quantitative estimate of drug-likeness (QED) is 0.838. The molecule has 134 valence electrons. The van der Waals surface area contributed by atoms with Crippen LogP contribution in [0.15, 0.2) is 30.3 Å². The first kappa shape index (κ1) is 20.8. The zero-order valence-corrected chi connectivity index (χ0v) is 15.8. The molecule has 0 amide bonds. The van der Waals surface area contributed by atoms with E-state index in [9.17, 15) is 0 Å². The van der Waals surface area contributed by atoms with Crippen LogP contribution in [0, 0.1) is 13.8 Å². The van der Waals surface area contributed by atoms with Crippen molar-refractivity contribution < 1.29 is 4.74 Å². The molecule has 0 radical (unpaired) electrons. The maximum absolute atomic E-state index is 5.91. The van der Waals surface area contributed by atoms with Gasteiger partial charge in [0.05, 0.1) is 24.9 Å². The SMILES string of the molecule is Cc1cc(C)n(CC2CN(Cc3cccc(N)c3)CCO2)n1.Cl.Cl. The van der Waals surface area contributed by atoms with E-state index < -0.39 is 0 Å². The topological polar surface area (TPSA) is 56.3 Å². The molecule has 0 bridgehead atoms. The molecule has 2 heterocycles. The molecule has 1 aromatic carbocycles. The van der Waals surface area contributed by atoms with E-state index in [1.807, 2.05) is 29.8 Å². The summed E-state index contributed by atoms with van der Waals surface area (Å²) in [5, 5.41) is 4.53. The first-order valence-electron chi connectivity index (χ1n) is 7.79. The van der Waals surface area contributed by atoms with Crippen LogP contribution in [0.3, 0.4) is 0 Å². The van der Waals surface area contributed by atoms with Gasteiger partial charge in [0, 0.05) is 31.0 Å². The van der Waals surface area contributed by atoms with Crippen LogP contribution in [0.2, 0.25) is 0 Å². The van der Waals surface area contributed by atoms with E-state index in [4.69, 9.17) is 10.5 Å². The van der Waals surface area contributed by atoms with Crippen LogP contribution in [-0.4, -0.2) is 40.5 Å². The van der Waals surface area contributed by atoms with Crippen molar-refractivity contribution in [1.82, 2.24) is 14.7 Å². The molecule has 1 fully saturated rings. The van der Waals surface area contributed by atoms with Crippen LogP contribution in [-0.2, 0) is 17.8 Å². The highest BCUT2D eigenvalue weighted by atomic mass is 35.5. The fraction of sp³-hybridized carbons (Fsp3) is 0.471. The second kappa shape index (κ2) is 9.28. The predicted octanol–water partition coefficient (Wildman–Crippen LogP) is 2.83. The Morgan fingerprint density at radius 2 is 2.04 bits per heavy atom. The molecule has 2 N–H and O–H groups in total. The Morgan fingerprint density at radius 1 is 1.25 bits per heavy atom. The van der Waals surface area contributed by atoms with Crippen molar-refractivity contribution in [3.63, 3.8) is 0 Å². The molecular formula is C17H26Cl2N4O. The van der Waals surface area contributed by atoms with Gasteiger partial charge in [-0.3, -0.25) is 9.58 Å². The Balaban J connectivity index is 0.00000144. The Kier molecular flexibility index (Phi) is 8.03. The van der Waals surface area contributed by atoms with Crippen molar-refractivity contribution >= 4 is 30.5 Å². The predicted molar refractivity (Wildman–Crippen MR) is 102 cm³/mol. The van der Waals surface area contributed by atoms with Crippen LogP contribution in [0.1, 0.15) is 17.0 Å². The summed E-state index contributed by atoms with van der Waals surface area (Å²) in [7, 11) is 0. The Bertz CT molecular complexity index is 647. The Labute approximate surface area is 156 Å². The summed E-state index contributed by atoms with van der Waals surface area (Å²) in [4.78, 5) is 2.43. The molecule has 1 saturated heterocycles. The number of aromatic nitrogens is 2. The molecule has 24 heavy (non-hydrogen) atoms. The summed E-state index contributed by atoms with van der Waals surface area (Å²) in [5.41, 5.74) is 10.2. The molecule has 2 aromatic rings. The summed E-state index contributed by atoms with van der Waals surface area (Å²) < 4.78 is 7.96. The number of benzene rings is 1. The molecule has 3 rings (SSSR count). The van der Waals surface area contributed by atoms with Gasteiger partial charge in [0.1, 0.15) is 0 Å². The summed E-state index contributed by atoms with van der Waals surface area (Å²) in [6.45, 7) is 8.50. The van der Waals surface area contributed by atoms with Crippen molar-refractivity contribution in [3.8, 4) is 0 Å². The average molecular weight is 373 g/mol. The lowest BCUT2D eigenvalue weighted by Crippen LogP contribution is -2.43. The van der Waals surface area contributed by atoms with Gasteiger partial charge >= 0.3 is 0 Å². The average Bonchev–Trinajstić information content (AvgIpc) is 2.77. The van der Waals surface area contributed by atoms with E-state index in [-0.39, 0.29) is 30.9 Å². The minimum Gasteiger partial charge on any atom is -0.399 e. The number of anilines is 1. The third-order valence-electron chi connectivity index (χ3n) is 4.06. The van der Waals surface area contributed by atoms with Gasteiger partial charge in [-0.2, -0.15) is 5.10 Å². The zero-order chi connectivity index (χ0) is 15.5. The van der Waals surface area contributed by atoms with E-state index in [1.54, 1.807) is 0 Å². The number of hydrogen-bond donors (Lipinski definition) is 1.